The Balaban J connectivity index is 2.84. The summed E-state index contributed by atoms with van der Waals surface area (Å²) in [5, 5.41) is 21.5. The summed E-state index contributed by atoms with van der Waals surface area (Å²) < 4.78 is 2.15. The van der Waals surface area contributed by atoms with Gasteiger partial charge in [-0.05, 0) is 46.5 Å². The van der Waals surface area contributed by atoms with Gasteiger partial charge in [0.2, 0.25) is 0 Å². The topological polar surface area (TPSA) is 40.5 Å². The van der Waals surface area contributed by atoms with Crippen molar-refractivity contribution in [3.8, 4) is 0 Å². The third kappa shape index (κ3) is 1.58. The standard InChI is InChI=1S/C9H8BIO2S/c1-5-4-7(10(12)13)9-6(8(5)11)2-3-14-9/h2-4,12-13H,1H3. The van der Waals surface area contributed by atoms with Gasteiger partial charge in [-0.2, -0.15) is 0 Å². The minimum Gasteiger partial charge on any atom is -0.423 e. The van der Waals surface area contributed by atoms with Gasteiger partial charge >= 0.3 is 7.12 Å². The molecule has 2 nitrogen and oxygen atoms in total. The molecule has 1 heterocycles. The molecule has 0 aliphatic carbocycles. The van der Waals surface area contributed by atoms with Crippen molar-refractivity contribution < 1.29 is 10.0 Å². The van der Waals surface area contributed by atoms with E-state index < -0.39 is 7.12 Å². The molecule has 0 aliphatic rings. The molecule has 2 N–H and O–H groups in total. The van der Waals surface area contributed by atoms with Crippen molar-refractivity contribution in [2.24, 2.45) is 0 Å². The van der Waals surface area contributed by atoms with E-state index in [4.69, 9.17) is 0 Å². The van der Waals surface area contributed by atoms with Crippen molar-refractivity contribution in [2.75, 3.05) is 0 Å². The highest BCUT2D eigenvalue weighted by Gasteiger charge is 2.18. The van der Waals surface area contributed by atoms with E-state index in [-0.39, 0.29) is 0 Å². The SMILES string of the molecule is Cc1cc(B(O)O)c2sccc2c1I. The molecule has 2 rings (SSSR count). The van der Waals surface area contributed by atoms with Crippen LogP contribution in [0.15, 0.2) is 17.5 Å². The van der Waals surface area contributed by atoms with Crippen molar-refractivity contribution in [3.05, 3.63) is 26.6 Å². The summed E-state index contributed by atoms with van der Waals surface area (Å²) in [4.78, 5) is 0. The maximum atomic E-state index is 9.22. The summed E-state index contributed by atoms with van der Waals surface area (Å²) in [6, 6.07) is 3.85. The molecule has 0 spiro atoms. The van der Waals surface area contributed by atoms with Crippen LogP contribution in [0.1, 0.15) is 5.56 Å². The van der Waals surface area contributed by atoms with Gasteiger partial charge in [-0.15, -0.1) is 11.3 Å². The van der Waals surface area contributed by atoms with Gasteiger partial charge in [0.15, 0.2) is 0 Å². The molecule has 0 fully saturated rings. The predicted octanol–water partition coefficient (Wildman–Crippen LogP) is 1.49. The van der Waals surface area contributed by atoms with E-state index in [0.717, 1.165) is 15.6 Å². The fourth-order valence-electron chi connectivity index (χ4n) is 1.47. The molecular formula is C9H8BIO2S. The summed E-state index contributed by atoms with van der Waals surface area (Å²) in [5.41, 5.74) is 1.69. The fraction of sp³-hybridized carbons (Fsp3) is 0.111. The number of aryl methyl sites for hydroxylation is 1. The predicted molar refractivity (Wildman–Crippen MR) is 69.1 cm³/mol. The molecule has 0 saturated heterocycles. The average Bonchev–Trinajstić information content (AvgIpc) is 2.59. The van der Waals surface area contributed by atoms with Crippen LogP contribution in [0.5, 0.6) is 0 Å². The minimum absolute atomic E-state index is 0.605. The van der Waals surface area contributed by atoms with E-state index in [1.54, 1.807) is 11.3 Å². The molecule has 0 aliphatic heterocycles. The maximum absolute atomic E-state index is 9.22. The van der Waals surface area contributed by atoms with Crippen molar-refractivity contribution in [3.63, 3.8) is 0 Å². The Morgan fingerprint density at radius 3 is 2.79 bits per heavy atom. The lowest BCUT2D eigenvalue weighted by atomic mass is 9.79. The van der Waals surface area contributed by atoms with E-state index in [9.17, 15) is 10.0 Å². The van der Waals surface area contributed by atoms with E-state index in [1.807, 2.05) is 24.4 Å². The lowest BCUT2D eigenvalue weighted by molar-refractivity contribution is 0.426. The molecular weight excluding hydrogens is 310 g/mol. The highest BCUT2D eigenvalue weighted by molar-refractivity contribution is 14.1. The van der Waals surface area contributed by atoms with Crippen LogP contribution in [0.2, 0.25) is 0 Å². The first-order valence-corrected chi connectivity index (χ1v) is 6.09. The first-order chi connectivity index (χ1) is 6.61. The third-order valence-electron chi connectivity index (χ3n) is 2.16. The largest absolute Gasteiger partial charge is 0.489 e. The van der Waals surface area contributed by atoms with Crippen LogP contribution in [-0.2, 0) is 0 Å². The zero-order valence-electron chi connectivity index (χ0n) is 7.49. The molecule has 0 unspecified atom stereocenters. The number of hydrogen-bond acceptors (Lipinski definition) is 3. The lowest BCUT2D eigenvalue weighted by Gasteiger charge is -2.06. The van der Waals surface area contributed by atoms with Crippen LogP contribution in [0.3, 0.4) is 0 Å². The van der Waals surface area contributed by atoms with E-state index in [2.05, 4.69) is 22.6 Å². The van der Waals surface area contributed by atoms with Crippen molar-refractivity contribution in [2.45, 2.75) is 6.92 Å². The third-order valence-corrected chi connectivity index (χ3v) is 4.56. The van der Waals surface area contributed by atoms with Crippen molar-refractivity contribution in [1.82, 2.24) is 0 Å². The normalized spacial score (nSPS) is 10.9. The average molecular weight is 318 g/mol. The van der Waals surface area contributed by atoms with Crippen LogP contribution >= 0.6 is 33.9 Å². The Hall–Kier alpha value is -0.105. The first kappa shape index (κ1) is 10.4. The van der Waals surface area contributed by atoms with Crippen molar-refractivity contribution >= 4 is 56.6 Å². The van der Waals surface area contributed by atoms with Gasteiger partial charge in [-0.3, -0.25) is 0 Å². The summed E-state index contributed by atoms with van der Waals surface area (Å²) in [6.07, 6.45) is 0. The van der Waals surface area contributed by atoms with E-state index in [1.165, 1.54) is 3.57 Å². The first-order valence-electron chi connectivity index (χ1n) is 4.13. The number of hydrogen-bond donors (Lipinski definition) is 2. The van der Waals surface area contributed by atoms with Crippen molar-refractivity contribution in [1.29, 1.82) is 0 Å². The molecule has 0 atom stereocenters. The molecule has 5 heteroatoms. The Bertz CT molecular complexity index is 481. The number of benzene rings is 1. The molecule has 14 heavy (non-hydrogen) atoms. The number of halogens is 1. The molecule has 1 aromatic heterocycles. The van der Waals surface area contributed by atoms with Crippen LogP contribution < -0.4 is 5.46 Å². The molecule has 0 amide bonds. The zero-order valence-corrected chi connectivity index (χ0v) is 10.5. The minimum atomic E-state index is -1.38. The highest BCUT2D eigenvalue weighted by atomic mass is 127. The summed E-state index contributed by atoms with van der Waals surface area (Å²) >= 11 is 3.82. The van der Waals surface area contributed by atoms with Gasteiger partial charge in [0.1, 0.15) is 0 Å². The molecule has 2 aromatic rings. The van der Waals surface area contributed by atoms with Crippen LogP contribution in [0.25, 0.3) is 10.1 Å². The van der Waals surface area contributed by atoms with Gasteiger partial charge in [0, 0.05) is 19.1 Å². The molecule has 0 bridgehead atoms. The molecule has 72 valence electrons. The highest BCUT2D eigenvalue weighted by Crippen LogP contribution is 2.26. The van der Waals surface area contributed by atoms with Gasteiger partial charge in [-0.1, -0.05) is 6.07 Å². The molecule has 1 aromatic carbocycles. The van der Waals surface area contributed by atoms with Crippen LogP contribution in [0, 0.1) is 10.5 Å². The second-order valence-corrected chi connectivity index (χ2v) is 5.13. The number of fused-ring (bicyclic) bond motifs is 1. The summed E-state index contributed by atoms with van der Waals surface area (Å²) in [5.74, 6) is 0. The molecule has 0 saturated carbocycles. The maximum Gasteiger partial charge on any atom is 0.489 e. The second-order valence-electron chi connectivity index (χ2n) is 3.13. The van der Waals surface area contributed by atoms with Gasteiger partial charge in [-0.25, -0.2) is 0 Å². The van der Waals surface area contributed by atoms with Crippen LogP contribution in [-0.4, -0.2) is 17.2 Å². The number of rotatable bonds is 1. The van der Waals surface area contributed by atoms with E-state index in [0.29, 0.717) is 5.46 Å². The number of thiophene rings is 1. The smallest absolute Gasteiger partial charge is 0.423 e. The van der Waals surface area contributed by atoms with Gasteiger partial charge < -0.3 is 10.0 Å². The lowest BCUT2D eigenvalue weighted by Crippen LogP contribution is -2.30. The Kier molecular flexibility index (Phi) is 2.83. The fourth-order valence-corrected chi connectivity index (χ4v) is 3.20. The quantitative estimate of drug-likeness (QED) is 0.618. The zero-order chi connectivity index (χ0) is 10.3. The Morgan fingerprint density at radius 1 is 1.43 bits per heavy atom. The molecule has 0 radical (unpaired) electrons. The summed E-state index contributed by atoms with van der Waals surface area (Å²) in [7, 11) is -1.38. The Labute approximate surface area is 99.9 Å². The van der Waals surface area contributed by atoms with Gasteiger partial charge in [0.25, 0.3) is 0 Å². The second kappa shape index (κ2) is 3.81. The Morgan fingerprint density at radius 2 is 2.14 bits per heavy atom. The van der Waals surface area contributed by atoms with E-state index >= 15 is 0 Å². The monoisotopic (exact) mass is 318 g/mol. The summed E-state index contributed by atoms with van der Waals surface area (Å²) in [6.45, 7) is 1.98. The van der Waals surface area contributed by atoms with Crippen LogP contribution in [0.4, 0.5) is 0 Å². The van der Waals surface area contributed by atoms with Gasteiger partial charge in [0.05, 0.1) is 0 Å².